The van der Waals surface area contributed by atoms with Crippen LogP contribution in [0.3, 0.4) is 0 Å². The number of rotatable bonds is 8. The Morgan fingerprint density at radius 3 is 2.40 bits per heavy atom. The number of hydrogen-bond acceptors (Lipinski definition) is 5. The van der Waals surface area contributed by atoms with Crippen LogP contribution in [0.2, 0.25) is 0 Å². The van der Waals surface area contributed by atoms with Gasteiger partial charge in [-0.25, -0.2) is 0 Å². The van der Waals surface area contributed by atoms with E-state index in [4.69, 9.17) is 10.5 Å². The lowest BCUT2D eigenvalue weighted by Crippen LogP contribution is -2.50. The Morgan fingerprint density at radius 1 is 1.20 bits per heavy atom. The third kappa shape index (κ3) is 10.9. The summed E-state index contributed by atoms with van der Waals surface area (Å²) in [6.07, 6.45) is 0.0000671. The van der Waals surface area contributed by atoms with Gasteiger partial charge in [-0.1, -0.05) is 27.7 Å². The van der Waals surface area contributed by atoms with Crippen molar-refractivity contribution in [3.05, 3.63) is 0 Å². The van der Waals surface area contributed by atoms with E-state index in [1.54, 1.807) is 0 Å². The minimum absolute atomic E-state index is 0. The second-order valence-electron chi connectivity index (χ2n) is 6.94. The number of carbonyl (C=O) groups excluding carboxylic acids is 2. The lowest BCUT2D eigenvalue weighted by Gasteiger charge is -2.33. The zero-order valence-electron chi connectivity index (χ0n) is 15.6. The highest BCUT2D eigenvalue weighted by Crippen LogP contribution is 2.07. The van der Waals surface area contributed by atoms with Gasteiger partial charge < -0.3 is 21.1 Å². The van der Waals surface area contributed by atoms with Crippen LogP contribution in [0.1, 0.15) is 27.7 Å². The predicted octanol–water partition coefficient (Wildman–Crippen LogP) is 0.403. The summed E-state index contributed by atoms with van der Waals surface area (Å²) in [7, 11) is 0. The Hall–Kier alpha value is -0.600. The second-order valence-corrected chi connectivity index (χ2v) is 6.94. The van der Waals surface area contributed by atoms with Crippen LogP contribution in [-0.2, 0) is 14.3 Å². The van der Waals surface area contributed by atoms with Crippen LogP contribution < -0.4 is 16.4 Å². The van der Waals surface area contributed by atoms with Crippen molar-refractivity contribution in [2.45, 2.75) is 39.8 Å². The summed E-state index contributed by atoms with van der Waals surface area (Å²) < 4.78 is 5.67. The third-order valence-corrected chi connectivity index (χ3v) is 3.82. The van der Waals surface area contributed by atoms with Crippen molar-refractivity contribution in [1.82, 2.24) is 15.5 Å². The van der Waals surface area contributed by atoms with Crippen LogP contribution in [0, 0.1) is 11.8 Å². The van der Waals surface area contributed by atoms with Gasteiger partial charge in [-0.05, 0) is 11.8 Å². The fourth-order valence-corrected chi connectivity index (χ4v) is 2.46. The number of nitrogens with one attached hydrogen (secondary N) is 2. The van der Waals surface area contributed by atoms with Crippen LogP contribution in [0.4, 0.5) is 0 Å². The Labute approximate surface area is 163 Å². The standard InChI is InChI=1S/C16H32N4O3.2ClH/c1-11(2)9-20-5-6-23-13(10-20)7-18-14(21)8-19-16(22)15(17)12(3)4;;/h11-13,15H,5-10,17H2,1-4H3,(H,18,21)(H,19,22);2*1H/t13?,15-;;/m0../s1. The van der Waals surface area contributed by atoms with E-state index in [2.05, 4.69) is 29.4 Å². The molecular weight excluding hydrogens is 367 g/mol. The molecule has 9 heteroatoms. The maximum Gasteiger partial charge on any atom is 0.239 e. The molecule has 1 aliphatic heterocycles. The number of carbonyl (C=O) groups is 2. The molecule has 1 aliphatic rings. The zero-order chi connectivity index (χ0) is 17.4. The molecule has 7 nitrogen and oxygen atoms in total. The minimum Gasteiger partial charge on any atom is -0.374 e. The van der Waals surface area contributed by atoms with E-state index >= 15 is 0 Å². The molecule has 4 N–H and O–H groups in total. The van der Waals surface area contributed by atoms with Gasteiger partial charge in [-0.3, -0.25) is 14.5 Å². The van der Waals surface area contributed by atoms with Crippen molar-refractivity contribution in [2.24, 2.45) is 17.6 Å². The first kappa shape index (κ1) is 26.6. The molecule has 2 amide bonds. The first-order valence-electron chi connectivity index (χ1n) is 8.43. The summed E-state index contributed by atoms with van der Waals surface area (Å²) in [5.74, 6) is 0.135. The van der Waals surface area contributed by atoms with Crippen LogP contribution >= 0.6 is 24.8 Å². The molecule has 1 saturated heterocycles. The number of nitrogens with zero attached hydrogens (tertiary/aromatic N) is 1. The van der Waals surface area contributed by atoms with Crippen molar-refractivity contribution in [3.63, 3.8) is 0 Å². The van der Waals surface area contributed by atoms with E-state index in [1.165, 1.54) is 0 Å². The molecule has 0 spiro atoms. The molecule has 1 fully saturated rings. The first-order chi connectivity index (χ1) is 10.8. The van der Waals surface area contributed by atoms with Gasteiger partial charge in [0.2, 0.25) is 11.8 Å². The maximum atomic E-state index is 11.8. The highest BCUT2D eigenvalue weighted by Gasteiger charge is 2.22. The molecule has 0 saturated carbocycles. The Bertz CT molecular complexity index is 398. The summed E-state index contributed by atoms with van der Waals surface area (Å²) >= 11 is 0. The topological polar surface area (TPSA) is 96.7 Å². The Balaban J connectivity index is 0. The van der Waals surface area contributed by atoms with Crippen molar-refractivity contribution in [3.8, 4) is 0 Å². The van der Waals surface area contributed by atoms with E-state index in [-0.39, 0.29) is 55.2 Å². The number of amides is 2. The van der Waals surface area contributed by atoms with Gasteiger partial charge in [-0.15, -0.1) is 24.8 Å². The molecule has 0 aromatic carbocycles. The summed E-state index contributed by atoms with van der Waals surface area (Å²) in [6.45, 7) is 12.0. The quantitative estimate of drug-likeness (QED) is 0.547. The lowest BCUT2D eigenvalue weighted by atomic mass is 10.1. The molecule has 0 aromatic heterocycles. The van der Waals surface area contributed by atoms with Gasteiger partial charge in [0.25, 0.3) is 0 Å². The average Bonchev–Trinajstić information content (AvgIpc) is 2.49. The summed E-state index contributed by atoms with van der Waals surface area (Å²) in [5, 5.41) is 5.36. The molecule has 1 unspecified atom stereocenters. The molecule has 150 valence electrons. The smallest absolute Gasteiger partial charge is 0.239 e. The van der Waals surface area contributed by atoms with E-state index in [1.807, 2.05) is 13.8 Å². The van der Waals surface area contributed by atoms with Gasteiger partial charge in [0.1, 0.15) is 0 Å². The van der Waals surface area contributed by atoms with Gasteiger partial charge in [0, 0.05) is 26.2 Å². The number of nitrogens with two attached hydrogens (primary N) is 1. The van der Waals surface area contributed by atoms with Crippen molar-refractivity contribution < 1.29 is 14.3 Å². The molecule has 2 atom stereocenters. The first-order valence-corrected chi connectivity index (χ1v) is 8.43. The van der Waals surface area contributed by atoms with Crippen LogP contribution in [0.25, 0.3) is 0 Å². The highest BCUT2D eigenvalue weighted by molar-refractivity contribution is 5.87. The second kappa shape index (κ2) is 13.6. The number of ether oxygens (including phenoxy) is 1. The molecule has 1 heterocycles. The van der Waals surface area contributed by atoms with Crippen molar-refractivity contribution in [1.29, 1.82) is 0 Å². The summed E-state index contributed by atoms with van der Waals surface area (Å²) in [5.41, 5.74) is 5.72. The Morgan fingerprint density at radius 2 is 1.84 bits per heavy atom. The third-order valence-electron chi connectivity index (χ3n) is 3.82. The molecule has 0 bridgehead atoms. The number of hydrogen-bond donors (Lipinski definition) is 3. The van der Waals surface area contributed by atoms with E-state index in [0.717, 1.165) is 19.6 Å². The average molecular weight is 401 g/mol. The maximum absolute atomic E-state index is 11.8. The van der Waals surface area contributed by atoms with E-state index in [0.29, 0.717) is 19.1 Å². The fraction of sp³-hybridized carbons (Fsp3) is 0.875. The minimum atomic E-state index is -0.589. The molecule has 0 aliphatic carbocycles. The van der Waals surface area contributed by atoms with Crippen molar-refractivity contribution in [2.75, 3.05) is 39.3 Å². The van der Waals surface area contributed by atoms with Gasteiger partial charge in [0.15, 0.2) is 0 Å². The number of morpholine rings is 1. The van der Waals surface area contributed by atoms with Gasteiger partial charge >= 0.3 is 0 Å². The van der Waals surface area contributed by atoms with Gasteiger partial charge in [0.05, 0.1) is 25.3 Å². The molecule has 0 aromatic rings. The fourth-order valence-electron chi connectivity index (χ4n) is 2.46. The SMILES string of the molecule is CC(C)CN1CCOC(CNC(=O)CNC(=O)[C@@H](N)C(C)C)C1.Cl.Cl. The predicted molar refractivity (Wildman–Crippen MR) is 104 cm³/mol. The normalized spacial score (nSPS) is 18.9. The van der Waals surface area contributed by atoms with Crippen molar-refractivity contribution >= 4 is 36.6 Å². The van der Waals surface area contributed by atoms with E-state index in [9.17, 15) is 9.59 Å². The number of halogens is 2. The highest BCUT2D eigenvalue weighted by atomic mass is 35.5. The van der Waals surface area contributed by atoms with Crippen LogP contribution in [0.5, 0.6) is 0 Å². The summed E-state index contributed by atoms with van der Waals surface area (Å²) in [6, 6.07) is -0.589. The molecular formula is C16H34Cl2N4O3. The van der Waals surface area contributed by atoms with Crippen LogP contribution in [-0.4, -0.2) is 68.2 Å². The van der Waals surface area contributed by atoms with Crippen LogP contribution in [0.15, 0.2) is 0 Å². The largest absolute Gasteiger partial charge is 0.374 e. The van der Waals surface area contributed by atoms with Gasteiger partial charge in [-0.2, -0.15) is 0 Å². The van der Waals surface area contributed by atoms with E-state index < -0.39 is 6.04 Å². The molecule has 25 heavy (non-hydrogen) atoms. The molecule has 1 rings (SSSR count). The lowest BCUT2D eigenvalue weighted by molar-refractivity contribution is -0.127. The monoisotopic (exact) mass is 400 g/mol. The zero-order valence-corrected chi connectivity index (χ0v) is 17.3. The Kier molecular flexibility index (Phi) is 14.5. The molecule has 0 radical (unpaired) electrons. The summed E-state index contributed by atoms with van der Waals surface area (Å²) in [4.78, 5) is 25.9.